The zero-order chi connectivity index (χ0) is 12.9. The number of nitrogens with two attached hydrogens (primary N) is 1. The molecule has 2 unspecified atom stereocenters. The molecule has 0 bridgehead atoms. The molecule has 0 heterocycles. The summed E-state index contributed by atoms with van der Waals surface area (Å²) in [6, 6.07) is -0.799. The molecule has 0 aromatic rings. The SMILES string of the molecule is CCCC(C)(N)C(=O)N(C)C(CC)C(=O)O. The van der Waals surface area contributed by atoms with Gasteiger partial charge in [0.2, 0.25) is 5.91 Å². The standard InChI is InChI=1S/C11H22N2O3/c1-5-7-11(3,12)10(16)13(4)8(6-2)9(14)15/h8H,5-7,12H2,1-4H3,(H,14,15). The van der Waals surface area contributed by atoms with Crippen LogP contribution in [0.15, 0.2) is 0 Å². The monoisotopic (exact) mass is 230 g/mol. The highest BCUT2D eigenvalue weighted by Crippen LogP contribution is 2.14. The van der Waals surface area contributed by atoms with Crippen molar-refractivity contribution in [2.24, 2.45) is 5.73 Å². The summed E-state index contributed by atoms with van der Waals surface area (Å²) >= 11 is 0. The second kappa shape index (κ2) is 5.84. The van der Waals surface area contributed by atoms with Crippen molar-refractivity contribution in [1.29, 1.82) is 0 Å². The molecule has 0 aliphatic rings. The molecule has 0 aromatic heterocycles. The van der Waals surface area contributed by atoms with E-state index in [2.05, 4.69) is 0 Å². The maximum atomic E-state index is 12.0. The zero-order valence-corrected chi connectivity index (χ0v) is 10.5. The summed E-state index contributed by atoms with van der Waals surface area (Å²) in [6.07, 6.45) is 1.71. The van der Waals surface area contributed by atoms with Crippen LogP contribution in [0.1, 0.15) is 40.0 Å². The summed E-state index contributed by atoms with van der Waals surface area (Å²) in [5.74, 6) is -1.31. The molecule has 5 heteroatoms. The fourth-order valence-corrected chi connectivity index (χ4v) is 1.78. The van der Waals surface area contributed by atoms with Crippen molar-refractivity contribution in [3.8, 4) is 0 Å². The van der Waals surface area contributed by atoms with Gasteiger partial charge in [0.25, 0.3) is 0 Å². The topological polar surface area (TPSA) is 83.6 Å². The lowest BCUT2D eigenvalue weighted by molar-refractivity contribution is -0.151. The minimum atomic E-state index is -0.995. The van der Waals surface area contributed by atoms with Crippen molar-refractivity contribution in [3.05, 3.63) is 0 Å². The molecule has 0 spiro atoms. The third kappa shape index (κ3) is 3.48. The number of amides is 1. The number of carbonyl (C=O) groups excluding carboxylic acids is 1. The number of carboxylic acid groups (broad SMARTS) is 1. The van der Waals surface area contributed by atoms with E-state index in [1.807, 2.05) is 6.92 Å². The number of hydrogen-bond acceptors (Lipinski definition) is 3. The first-order chi connectivity index (χ1) is 7.27. The Balaban J connectivity index is 4.77. The Morgan fingerprint density at radius 3 is 2.25 bits per heavy atom. The first-order valence-corrected chi connectivity index (χ1v) is 5.56. The number of nitrogens with zero attached hydrogens (tertiary/aromatic N) is 1. The number of rotatable bonds is 6. The average molecular weight is 230 g/mol. The lowest BCUT2D eigenvalue weighted by Crippen LogP contribution is -2.56. The van der Waals surface area contributed by atoms with E-state index in [1.165, 1.54) is 11.9 Å². The minimum absolute atomic E-state index is 0.316. The molecule has 2 atom stereocenters. The number of carboxylic acids is 1. The molecule has 5 nitrogen and oxygen atoms in total. The highest BCUT2D eigenvalue weighted by Gasteiger charge is 2.35. The maximum Gasteiger partial charge on any atom is 0.326 e. The molecule has 0 aliphatic heterocycles. The minimum Gasteiger partial charge on any atom is -0.480 e. The molecule has 1 amide bonds. The van der Waals surface area contributed by atoms with Gasteiger partial charge in [-0.25, -0.2) is 4.79 Å². The molecule has 0 saturated heterocycles. The van der Waals surface area contributed by atoms with Crippen molar-refractivity contribution in [2.75, 3.05) is 7.05 Å². The van der Waals surface area contributed by atoms with Gasteiger partial charge in [0.05, 0.1) is 5.54 Å². The Morgan fingerprint density at radius 1 is 1.44 bits per heavy atom. The smallest absolute Gasteiger partial charge is 0.326 e. The van der Waals surface area contributed by atoms with E-state index >= 15 is 0 Å². The normalized spacial score (nSPS) is 16.3. The second-order valence-corrected chi connectivity index (χ2v) is 4.35. The van der Waals surface area contributed by atoms with Crippen LogP contribution in [-0.4, -0.2) is 40.5 Å². The molecule has 0 aromatic carbocycles. The van der Waals surface area contributed by atoms with Crippen LogP contribution in [-0.2, 0) is 9.59 Å². The van der Waals surface area contributed by atoms with Crippen molar-refractivity contribution >= 4 is 11.9 Å². The lowest BCUT2D eigenvalue weighted by Gasteiger charge is -2.32. The van der Waals surface area contributed by atoms with Gasteiger partial charge in [-0.2, -0.15) is 0 Å². The van der Waals surface area contributed by atoms with Gasteiger partial charge in [0.1, 0.15) is 6.04 Å². The highest BCUT2D eigenvalue weighted by atomic mass is 16.4. The molecule has 0 radical (unpaired) electrons. The van der Waals surface area contributed by atoms with Crippen LogP contribution >= 0.6 is 0 Å². The summed E-state index contributed by atoms with van der Waals surface area (Å²) in [5, 5.41) is 8.95. The van der Waals surface area contributed by atoms with Crippen LogP contribution in [0.5, 0.6) is 0 Å². The molecular formula is C11H22N2O3. The molecule has 16 heavy (non-hydrogen) atoms. The van der Waals surface area contributed by atoms with Crippen LogP contribution in [0.25, 0.3) is 0 Å². The third-order valence-corrected chi connectivity index (χ3v) is 2.72. The number of hydrogen-bond donors (Lipinski definition) is 2. The Labute approximate surface area is 96.6 Å². The van der Waals surface area contributed by atoms with Crippen molar-refractivity contribution in [3.63, 3.8) is 0 Å². The van der Waals surface area contributed by atoms with E-state index in [-0.39, 0.29) is 5.91 Å². The van der Waals surface area contributed by atoms with Gasteiger partial charge in [-0.15, -0.1) is 0 Å². The predicted octanol–water partition coefficient (Wildman–Crippen LogP) is 0.825. The largest absolute Gasteiger partial charge is 0.480 e. The third-order valence-electron chi connectivity index (χ3n) is 2.72. The molecule has 0 saturated carbocycles. The summed E-state index contributed by atoms with van der Waals surface area (Å²) < 4.78 is 0. The maximum absolute atomic E-state index is 12.0. The second-order valence-electron chi connectivity index (χ2n) is 4.35. The van der Waals surface area contributed by atoms with Crippen molar-refractivity contribution < 1.29 is 14.7 Å². The van der Waals surface area contributed by atoms with Crippen LogP contribution in [0.2, 0.25) is 0 Å². The van der Waals surface area contributed by atoms with Gasteiger partial charge in [0.15, 0.2) is 0 Å². The van der Waals surface area contributed by atoms with E-state index in [0.717, 1.165) is 6.42 Å². The van der Waals surface area contributed by atoms with Crippen LogP contribution in [0.3, 0.4) is 0 Å². The van der Waals surface area contributed by atoms with E-state index < -0.39 is 17.6 Å². The Morgan fingerprint density at radius 2 is 1.94 bits per heavy atom. The number of likely N-dealkylation sites (N-methyl/N-ethyl adjacent to an activating group) is 1. The van der Waals surface area contributed by atoms with Crippen LogP contribution in [0.4, 0.5) is 0 Å². The van der Waals surface area contributed by atoms with E-state index in [0.29, 0.717) is 12.8 Å². The Hall–Kier alpha value is -1.10. The van der Waals surface area contributed by atoms with Gasteiger partial charge in [-0.1, -0.05) is 20.3 Å². The molecule has 0 fully saturated rings. The Kier molecular flexibility index (Phi) is 5.44. The fraction of sp³-hybridized carbons (Fsp3) is 0.818. The lowest BCUT2D eigenvalue weighted by atomic mass is 9.95. The zero-order valence-electron chi connectivity index (χ0n) is 10.5. The highest BCUT2D eigenvalue weighted by molar-refractivity contribution is 5.89. The molecule has 94 valence electrons. The first kappa shape index (κ1) is 14.9. The van der Waals surface area contributed by atoms with Crippen LogP contribution < -0.4 is 5.73 Å². The average Bonchev–Trinajstić information content (AvgIpc) is 2.16. The van der Waals surface area contributed by atoms with E-state index in [1.54, 1.807) is 13.8 Å². The Bertz CT molecular complexity index is 264. The summed E-state index contributed by atoms with van der Waals surface area (Å²) in [5.41, 5.74) is 4.90. The van der Waals surface area contributed by atoms with Gasteiger partial charge >= 0.3 is 5.97 Å². The first-order valence-electron chi connectivity index (χ1n) is 5.56. The summed E-state index contributed by atoms with van der Waals surface area (Å²) in [4.78, 5) is 24.2. The van der Waals surface area contributed by atoms with Gasteiger partial charge in [-0.05, 0) is 19.8 Å². The van der Waals surface area contributed by atoms with Gasteiger partial charge < -0.3 is 15.7 Å². The van der Waals surface area contributed by atoms with E-state index in [9.17, 15) is 9.59 Å². The molecular weight excluding hydrogens is 208 g/mol. The summed E-state index contributed by atoms with van der Waals surface area (Å²) in [7, 11) is 1.49. The van der Waals surface area contributed by atoms with Crippen molar-refractivity contribution in [1.82, 2.24) is 4.90 Å². The molecule has 0 rings (SSSR count). The van der Waals surface area contributed by atoms with Crippen molar-refractivity contribution in [2.45, 2.75) is 51.6 Å². The van der Waals surface area contributed by atoms with Gasteiger partial charge in [0, 0.05) is 7.05 Å². The number of aliphatic carboxylic acids is 1. The summed E-state index contributed by atoms with van der Waals surface area (Å²) in [6.45, 7) is 5.31. The molecule has 3 N–H and O–H groups in total. The van der Waals surface area contributed by atoms with E-state index in [4.69, 9.17) is 10.8 Å². The van der Waals surface area contributed by atoms with Crippen LogP contribution in [0, 0.1) is 0 Å². The fourth-order valence-electron chi connectivity index (χ4n) is 1.78. The number of carbonyl (C=O) groups is 2. The molecule has 0 aliphatic carbocycles. The quantitative estimate of drug-likeness (QED) is 0.707. The van der Waals surface area contributed by atoms with Gasteiger partial charge in [-0.3, -0.25) is 4.79 Å². The predicted molar refractivity (Wildman–Crippen MR) is 62.0 cm³/mol.